The number of carbonyl (C=O) groups is 3. The van der Waals surface area contributed by atoms with Crippen molar-refractivity contribution >= 4 is 29.5 Å². The minimum Gasteiger partial charge on any atom is -0.428 e. The van der Waals surface area contributed by atoms with Crippen LogP contribution in [0.4, 0.5) is 0 Å². The minimum atomic E-state index is -0.742. The van der Waals surface area contributed by atoms with E-state index in [4.69, 9.17) is 14.2 Å². The van der Waals surface area contributed by atoms with Gasteiger partial charge in [-0.15, -0.1) is 0 Å². The van der Waals surface area contributed by atoms with Crippen molar-refractivity contribution in [1.29, 1.82) is 0 Å². The lowest BCUT2D eigenvalue weighted by Gasteiger charge is -2.18. The standard InChI is InChI=1S/C29H42O8S/c1-29(2,3)28(34)37-19-36-27(33)9-6-13-38-14-12-24-23(25(31)17-26(24)32)11-10-22(30)16-20-7-5-8-21(15-20)18-35-4/h5,7-8,10-11,15,22-25,30-31H,6,9,12-14,16-19H2,1-4H3/b11-10+/t22-,23-,24-,25-/m1/s1. The van der Waals surface area contributed by atoms with Gasteiger partial charge < -0.3 is 24.4 Å². The van der Waals surface area contributed by atoms with Gasteiger partial charge in [-0.05, 0) is 56.2 Å². The summed E-state index contributed by atoms with van der Waals surface area (Å²) in [7, 11) is 1.64. The van der Waals surface area contributed by atoms with Crippen LogP contribution >= 0.6 is 11.8 Å². The van der Waals surface area contributed by atoms with Crippen molar-refractivity contribution in [2.45, 2.75) is 71.7 Å². The highest BCUT2D eigenvalue weighted by atomic mass is 32.2. The molecule has 1 aromatic rings. The molecule has 0 radical (unpaired) electrons. The van der Waals surface area contributed by atoms with E-state index in [-0.39, 0.29) is 37.3 Å². The molecule has 1 aliphatic rings. The lowest BCUT2D eigenvalue weighted by atomic mass is 9.91. The second-order valence-corrected chi connectivity index (χ2v) is 11.9. The maximum absolute atomic E-state index is 12.5. The number of esters is 2. The van der Waals surface area contributed by atoms with Gasteiger partial charge in [0.05, 0.1) is 24.2 Å². The summed E-state index contributed by atoms with van der Waals surface area (Å²) in [5, 5.41) is 20.9. The second kappa shape index (κ2) is 16.0. The Labute approximate surface area is 230 Å². The van der Waals surface area contributed by atoms with E-state index in [2.05, 4.69) is 0 Å². The van der Waals surface area contributed by atoms with Crippen molar-refractivity contribution in [3.63, 3.8) is 0 Å². The van der Waals surface area contributed by atoms with Gasteiger partial charge in [0.15, 0.2) is 0 Å². The first-order valence-corrected chi connectivity index (χ1v) is 14.2. The van der Waals surface area contributed by atoms with Crippen molar-refractivity contribution in [2.75, 3.05) is 25.4 Å². The molecule has 0 aliphatic heterocycles. The largest absolute Gasteiger partial charge is 0.428 e. The van der Waals surface area contributed by atoms with Crippen LogP contribution in [0, 0.1) is 17.3 Å². The van der Waals surface area contributed by atoms with Gasteiger partial charge in [0.25, 0.3) is 0 Å². The van der Waals surface area contributed by atoms with Crippen molar-refractivity contribution in [3.05, 3.63) is 47.5 Å². The Morgan fingerprint density at radius 1 is 1.18 bits per heavy atom. The first-order valence-electron chi connectivity index (χ1n) is 13.1. The molecular formula is C29H42O8S. The lowest BCUT2D eigenvalue weighted by Crippen LogP contribution is -2.24. The highest BCUT2D eigenvalue weighted by Gasteiger charge is 2.39. The Balaban J connectivity index is 1.70. The quantitative estimate of drug-likeness (QED) is 0.145. The van der Waals surface area contributed by atoms with E-state index < -0.39 is 29.6 Å². The number of aliphatic hydroxyl groups excluding tert-OH is 2. The number of ether oxygens (including phenoxy) is 3. The predicted molar refractivity (Wildman–Crippen MR) is 146 cm³/mol. The normalized spacial score (nSPS) is 20.6. The van der Waals surface area contributed by atoms with Gasteiger partial charge in [0.1, 0.15) is 5.78 Å². The van der Waals surface area contributed by atoms with Crippen LogP contribution in [-0.4, -0.2) is 65.6 Å². The second-order valence-electron chi connectivity index (χ2n) is 10.7. The van der Waals surface area contributed by atoms with Crippen LogP contribution in [0.3, 0.4) is 0 Å². The Hall–Kier alpha value is -2.20. The average Bonchev–Trinajstić information content (AvgIpc) is 3.11. The number of aliphatic hydroxyl groups is 2. The van der Waals surface area contributed by atoms with Crippen LogP contribution < -0.4 is 0 Å². The van der Waals surface area contributed by atoms with Crippen molar-refractivity contribution in [3.8, 4) is 0 Å². The first-order chi connectivity index (χ1) is 18.0. The topological polar surface area (TPSA) is 119 Å². The van der Waals surface area contributed by atoms with Gasteiger partial charge >= 0.3 is 11.9 Å². The van der Waals surface area contributed by atoms with Crippen LogP contribution in [0.25, 0.3) is 0 Å². The van der Waals surface area contributed by atoms with E-state index in [9.17, 15) is 24.6 Å². The number of ketones is 1. The number of Topliss-reactive ketones (excluding diaryl/α,β-unsaturated/α-hetero) is 1. The smallest absolute Gasteiger partial charge is 0.314 e. The molecule has 9 heteroatoms. The third-order valence-electron chi connectivity index (χ3n) is 6.30. The molecule has 212 valence electrons. The van der Waals surface area contributed by atoms with Gasteiger partial charge in [-0.1, -0.05) is 36.4 Å². The number of rotatable bonds is 15. The summed E-state index contributed by atoms with van der Waals surface area (Å²) in [4.78, 5) is 35.9. The first kappa shape index (κ1) is 32.0. The maximum Gasteiger partial charge on any atom is 0.314 e. The van der Waals surface area contributed by atoms with Gasteiger partial charge in [0, 0.05) is 38.2 Å². The van der Waals surface area contributed by atoms with Crippen LogP contribution in [0.15, 0.2) is 36.4 Å². The molecule has 0 saturated heterocycles. The molecule has 0 heterocycles. The molecule has 0 unspecified atom stereocenters. The molecule has 4 atom stereocenters. The fourth-order valence-corrected chi connectivity index (χ4v) is 5.21. The van der Waals surface area contributed by atoms with Gasteiger partial charge in [-0.25, -0.2) is 0 Å². The van der Waals surface area contributed by atoms with Gasteiger partial charge in [0.2, 0.25) is 6.79 Å². The van der Waals surface area contributed by atoms with E-state index in [1.165, 1.54) is 0 Å². The highest BCUT2D eigenvalue weighted by Crippen LogP contribution is 2.34. The SMILES string of the molecule is COCc1cccc(C[C@H](O)/C=C/[C@H]2[C@H](O)CC(=O)[C@@H]2CCSCCCC(=O)OCOC(=O)C(C)(C)C)c1. The highest BCUT2D eigenvalue weighted by molar-refractivity contribution is 7.99. The summed E-state index contributed by atoms with van der Waals surface area (Å²) in [5.41, 5.74) is 1.38. The molecule has 38 heavy (non-hydrogen) atoms. The molecule has 8 nitrogen and oxygen atoms in total. The third-order valence-corrected chi connectivity index (χ3v) is 7.40. The molecule has 2 rings (SSSR count). The molecule has 1 aromatic carbocycles. The van der Waals surface area contributed by atoms with Crippen molar-refractivity contribution in [1.82, 2.24) is 0 Å². The molecule has 0 aromatic heterocycles. The number of carbonyl (C=O) groups excluding carboxylic acids is 3. The average molecular weight is 551 g/mol. The predicted octanol–water partition coefficient (Wildman–Crippen LogP) is 3.85. The monoisotopic (exact) mass is 550 g/mol. The zero-order valence-corrected chi connectivity index (χ0v) is 23.7. The summed E-state index contributed by atoms with van der Waals surface area (Å²) >= 11 is 1.64. The maximum atomic E-state index is 12.5. The number of hydrogen-bond donors (Lipinski definition) is 2. The molecule has 0 bridgehead atoms. The van der Waals surface area contributed by atoms with Crippen LogP contribution in [0.5, 0.6) is 0 Å². The van der Waals surface area contributed by atoms with E-state index in [0.717, 1.165) is 22.6 Å². The van der Waals surface area contributed by atoms with E-state index in [1.54, 1.807) is 51.8 Å². The third kappa shape index (κ3) is 11.3. The summed E-state index contributed by atoms with van der Waals surface area (Å²) in [6, 6.07) is 7.85. The molecular weight excluding hydrogens is 508 g/mol. The number of hydrogen-bond acceptors (Lipinski definition) is 9. The molecule has 1 saturated carbocycles. The summed E-state index contributed by atoms with van der Waals surface area (Å²) in [6.45, 7) is 5.30. The fourth-order valence-electron chi connectivity index (χ4n) is 4.24. The Kier molecular flexibility index (Phi) is 13.5. The van der Waals surface area contributed by atoms with Gasteiger partial charge in [-0.2, -0.15) is 11.8 Å². The fraction of sp³-hybridized carbons (Fsp3) is 0.621. The molecule has 0 spiro atoms. The minimum absolute atomic E-state index is 0.0443. The molecule has 1 fully saturated rings. The van der Waals surface area contributed by atoms with Crippen LogP contribution in [0.1, 0.15) is 57.6 Å². The molecule has 2 N–H and O–H groups in total. The molecule has 1 aliphatic carbocycles. The number of thioether (sulfide) groups is 1. The zero-order valence-electron chi connectivity index (χ0n) is 22.9. The number of benzene rings is 1. The van der Waals surface area contributed by atoms with Gasteiger partial charge in [-0.3, -0.25) is 14.4 Å². The number of methoxy groups -OCH3 is 1. The lowest BCUT2D eigenvalue weighted by molar-refractivity contribution is -0.173. The van der Waals surface area contributed by atoms with E-state index >= 15 is 0 Å². The van der Waals surface area contributed by atoms with E-state index in [1.807, 2.05) is 24.3 Å². The summed E-state index contributed by atoms with van der Waals surface area (Å²) in [6.07, 6.45) is 4.03. The summed E-state index contributed by atoms with van der Waals surface area (Å²) < 4.78 is 15.0. The Morgan fingerprint density at radius 3 is 2.63 bits per heavy atom. The summed E-state index contributed by atoms with van der Waals surface area (Å²) in [5.74, 6) is 0.0421. The van der Waals surface area contributed by atoms with Crippen molar-refractivity contribution in [2.24, 2.45) is 17.3 Å². The Morgan fingerprint density at radius 2 is 1.92 bits per heavy atom. The Bertz CT molecular complexity index is 939. The van der Waals surface area contributed by atoms with Crippen LogP contribution in [0.2, 0.25) is 0 Å². The zero-order chi connectivity index (χ0) is 28.1. The van der Waals surface area contributed by atoms with Crippen LogP contribution in [-0.2, 0) is 41.6 Å². The molecule has 0 amide bonds. The van der Waals surface area contributed by atoms with E-state index in [0.29, 0.717) is 25.9 Å². The van der Waals surface area contributed by atoms with Crippen molar-refractivity contribution < 1.29 is 38.8 Å².